The van der Waals surface area contributed by atoms with Crippen molar-refractivity contribution in [2.45, 2.75) is 19.3 Å². The zero-order valence-electron chi connectivity index (χ0n) is 5.97. The summed E-state index contributed by atoms with van der Waals surface area (Å²) in [4.78, 5) is 10.7. The van der Waals surface area contributed by atoms with Gasteiger partial charge in [0.1, 0.15) is 0 Å². The molecule has 0 N–H and O–H groups in total. The second-order valence-electron chi connectivity index (χ2n) is 2.33. The highest BCUT2D eigenvalue weighted by Gasteiger charge is 2.04. The average Bonchev–Trinajstić information content (AvgIpc) is 2.02. The van der Waals surface area contributed by atoms with E-state index in [9.17, 15) is 4.79 Å². The summed E-state index contributed by atoms with van der Waals surface area (Å²) >= 11 is 1.68. The standard InChI is InChI=1S/C7H12O2S/c8-7-6-10-5-3-1-2-4-9-7/h1-6H2. The van der Waals surface area contributed by atoms with E-state index < -0.39 is 0 Å². The van der Waals surface area contributed by atoms with Crippen molar-refractivity contribution in [2.75, 3.05) is 18.1 Å². The average molecular weight is 160 g/mol. The van der Waals surface area contributed by atoms with E-state index in [2.05, 4.69) is 0 Å². The van der Waals surface area contributed by atoms with Crippen molar-refractivity contribution in [2.24, 2.45) is 0 Å². The fraction of sp³-hybridized carbons (Fsp3) is 0.857. The fourth-order valence-electron chi connectivity index (χ4n) is 0.866. The first kappa shape index (κ1) is 7.92. The van der Waals surface area contributed by atoms with Crippen LogP contribution in [0.1, 0.15) is 19.3 Å². The van der Waals surface area contributed by atoms with Crippen molar-refractivity contribution >= 4 is 17.7 Å². The molecular weight excluding hydrogens is 148 g/mol. The molecule has 0 radical (unpaired) electrons. The van der Waals surface area contributed by atoms with Crippen LogP contribution in [-0.4, -0.2) is 24.1 Å². The van der Waals surface area contributed by atoms with Crippen LogP contribution in [0, 0.1) is 0 Å². The molecule has 1 heterocycles. The molecule has 0 aromatic rings. The minimum Gasteiger partial charge on any atom is -0.465 e. The largest absolute Gasteiger partial charge is 0.465 e. The molecule has 1 aliphatic rings. The van der Waals surface area contributed by atoms with Gasteiger partial charge in [0.2, 0.25) is 0 Å². The lowest BCUT2D eigenvalue weighted by atomic mass is 10.3. The lowest BCUT2D eigenvalue weighted by Crippen LogP contribution is -2.07. The topological polar surface area (TPSA) is 26.3 Å². The Morgan fingerprint density at radius 2 is 2.20 bits per heavy atom. The van der Waals surface area contributed by atoms with Gasteiger partial charge >= 0.3 is 5.97 Å². The first-order chi connectivity index (χ1) is 4.89. The Labute approximate surface area is 65.3 Å². The number of esters is 1. The molecule has 0 amide bonds. The number of thioether (sulfide) groups is 1. The summed E-state index contributed by atoms with van der Waals surface area (Å²) in [5.74, 6) is 1.60. The van der Waals surface area contributed by atoms with E-state index in [1.165, 1.54) is 12.8 Å². The first-order valence-corrected chi connectivity index (χ1v) is 4.78. The molecule has 0 aromatic heterocycles. The summed E-state index contributed by atoms with van der Waals surface area (Å²) in [6.07, 6.45) is 3.45. The minimum absolute atomic E-state index is 0.0492. The highest BCUT2D eigenvalue weighted by Crippen LogP contribution is 2.09. The molecule has 10 heavy (non-hydrogen) atoms. The Kier molecular flexibility index (Phi) is 3.65. The Bertz CT molecular complexity index is 102. The summed E-state index contributed by atoms with van der Waals surface area (Å²) in [6.45, 7) is 0.624. The van der Waals surface area contributed by atoms with Crippen molar-refractivity contribution in [1.82, 2.24) is 0 Å². The Hall–Kier alpha value is -0.180. The van der Waals surface area contributed by atoms with Gasteiger partial charge in [-0.05, 0) is 25.0 Å². The zero-order valence-corrected chi connectivity index (χ0v) is 6.78. The Morgan fingerprint density at radius 1 is 1.30 bits per heavy atom. The number of cyclic esters (lactones) is 1. The van der Waals surface area contributed by atoms with Gasteiger partial charge in [0, 0.05) is 0 Å². The zero-order chi connectivity index (χ0) is 7.23. The molecule has 0 saturated carbocycles. The number of carbonyl (C=O) groups excluding carboxylic acids is 1. The van der Waals surface area contributed by atoms with Gasteiger partial charge in [-0.25, -0.2) is 0 Å². The van der Waals surface area contributed by atoms with Crippen LogP contribution in [-0.2, 0) is 9.53 Å². The fourth-order valence-corrected chi connectivity index (χ4v) is 1.67. The van der Waals surface area contributed by atoms with Crippen molar-refractivity contribution in [3.8, 4) is 0 Å². The highest BCUT2D eigenvalue weighted by molar-refractivity contribution is 7.99. The number of rotatable bonds is 0. The summed E-state index contributed by atoms with van der Waals surface area (Å²) in [5, 5.41) is 0. The number of hydrogen-bond acceptors (Lipinski definition) is 3. The van der Waals surface area contributed by atoms with E-state index in [-0.39, 0.29) is 5.97 Å². The summed E-state index contributed by atoms with van der Waals surface area (Å²) < 4.78 is 4.90. The van der Waals surface area contributed by atoms with Gasteiger partial charge < -0.3 is 4.74 Å². The van der Waals surface area contributed by atoms with Gasteiger partial charge in [-0.1, -0.05) is 0 Å². The molecule has 3 heteroatoms. The number of carbonyl (C=O) groups is 1. The first-order valence-electron chi connectivity index (χ1n) is 3.63. The van der Waals surface area contributed by atoms with Crippen molar-refractivity contribution < 1.29 is 9.53 Å². The van der Waals surface area contributed by atoms with Crippen molar-refractivity contribution in [3.63, 3.8) is 0 Å². The molecule has 0 spiro atoms. The van der Waals surface area contributed by atoms with Crippen molar-refractivity contribution in [1.29, 1.82) is 0 Å². The van der Waals surface area contributed by atoms with Crippen LogP contribution < -0.4 is 0 Å². The molecule has 1 fully saturated rings. The third kappa shape index (κ3) is 3.11. The smallest absolute Gasteiger partial charge is 0.315 e. The van der Waals surface area contributed by atoms with Crippen LogP contribution >= 0.6 is 11.8 Å². The third-order valence-corrected chi connectivity index (χ3v) is 2.43. The van der Waals surface area contributed by atoms with Gasteiger partial charge in [-0.3, -0.25) is 4.79 Å². The molecule has 1 rings (SSSR count). The highest BCUT2D eigenvalue weighted by atomic mass is 32.2. The molecule has 58 valence electrons. The number of hydrogen-bond donors (Lipinski definition) is 0. The maximum Gasteiger partial charge on any atom is 0.315 e. The Morgan fingerprint density at radius 3 is 3.10 bits per heavy atom. The lowest BCUT2D eigenvalue weighted by molar-refractivity contribution is -0.140. The Balaban J connectivity index is 2.21. The van der Waals surface area contributed by atoms with E-state index in [0.29, 0.717) is 12.4 Å². The van der Waals surface area contributed by atoms with Gasteiger partial charge in [0.05, 0.1) is 12.4 Å². The lowest BCUT2D eigenvalue weighted by Gasteiger charge is -1.98. The monoisotopic (exact) mass is 160 g/mol. The van der Waals surface area contributed by atoms with Gasteiger partial charge in [0.25, 0.3) is 0 Å². The van der Waals surface area contributed by atoms with Crippen LogP contribution in [0.4, 0.5) is 0 Å². The second kappa shape index (κ2) is 4.61. The van der Waals surface area contributed by atoms with Gasteiger partial charge in [-0.15, -0.1) is 0 Å². The third-order valence-electron chi connectivity index (χ3n) is 1.42. The van der Waals surface area contributed by atoms with E-state index in [1.54, 1.807) is 11.8 Å². The van der Waals surface area contributed by atoms with Crippen molar-refractivity contribution in [3.05, 3.63) is 0 Å². The normalized spacial score (nSPS) is 22.2. The quantitative estimate of drug-likeness (QED) is 0.502. The van der Waals surface area contributed by atoms with E-state index in [4.69, 9.17) is 4.74 Å². The van der Waals surface area contributed by atoms with Crippen LogP contribution in [0.15, 0.2) is 0 Å². The second-order valence-corrected chi connectivity index (χ2v) is 3.44. The van der Waals surface area contributed by atoms with E-state index >= 15 is 0 Å². The van der Waals surface area contributed by atoms with Crippen LogP contribution in [0.25, 0.3) is 0 Å². The van der Waals surface area contributed by atoms with Crippen LogP contribution in [0.3, 0.4) is 0 Å². The molecule has 1 aliphatic heterocycles. The molecule has 0 aromatic carbocycles. The molecule has 0 bridgehead atoms. The summed E-state index contributed by atoms with van der Waals surface area (Å²) in [7, 11) is 0. The summed E-state index contributed by atoms with van der Waals surface area (Å²) in [5.41, 5.74) is 0. The molecule has 2 nitrogen and oxygen atoms in total. The summed E-state index contributed by atoms with van der Waals surface area (Å²) in [6, 6.07) is 0. The molecule has 1 saturated heterocycles. The molecule has 0 aliphatic carbocycles. The predicted molar refractivity (Wildman–Crippen MR) is 42.1 cm³/mol. The minimum atomic E-state index is -0.0492. The molecule has 0 unspecified atom stereocenters. The molecule has 0 atom stereocenters. The van der Waals surface area contributed by atoms with Crippen LogP contribution in [0.5, 0.6) is 0 Å². The van der Waals surface area contributed by atoms with E-state index in [0.717, 1.165) is 12.2 Å². The maximum atomic E-state index is 10.7. The number of ether oxygens (including phenoxy) is 1. The van der Waals surface area contributed by atoms with Gasteiger partial charge in [-0.2, -0.15) is 11.8 Å². The maximum absolute atomic E-state index is 10.7. The SMILES string of the molecule is O=C1CSCCCCCO1. The predicted octanol–water partition coefficient (Wildman–Crippen LogP) is 1.45. The van der Waals surface area contributed by atoms with E-state index in [1.807, 2.05) is 0 Å². The molecular formula is C7H12O2S. The van der Waals surface area contributed by atoms with Crippen LogP contribution in [0.2, 0.25) is 0 Å². The van der Waals surface area contributed by atoms with Gasteiger partial charge in [0.15, 0.2) is 0 Å².